The summed E-state index contributed by atoms with van der Waals surface area (Å²) in [5, 5.41) is 3.09. The second kappa shape index (κ2) is 4.70. The third-order valence-corrected chi connectivity index (χ3v) is 3.78. The van der Waals surface area contributed by atoms with Gasteiger partial charge in [-0.2, -0.15) is 0 Å². The Labute approximate surface area is 112 Å². The molecular formula is C13H19N5O. The molecule has 6 heteroatoms. The highest BCUT2D eigenvalue weighted by Gasteiger charge is 2.30. The van der Waals surface area contributed by atoms with E-state index in [2.05, 4.69) is 34.2 Å². The standard InChI is InChI=1S/C13H19N5O/c1-9-10(4-7-19-9)17(3)13-12-15-5-6-18(12)8-11(14-2)16-13/h5-6,8-10,14H,4,7H2,1-3H3. The summed E-state index contributed by atoms with van der Waals surface area (Å²) in [6, 6.07) is 0.347. The fourth-order valence-corrected chi connectivity index (χ4v) is 2.66. The van der Waals surface area contributed by atoms with E-state index < -0.39 is 0 Å². The van der Waals surface area contributed by atoms with Crippen LogP contribution in [0.2, 0.25) is 0 Å². The average Bonchev–Trinajstić information content (AvgIpc) is 3.04. The molecule has 2 aromatic rings. The Morgan fingerprint density at radius 3 is 3.05 bits per heavy atom. The molecule has 3 rings (SSSR count). The predicted octanol–water partition coefficient (Wildman–Crippen LogP) is 1.38. The second-order valence-electron chi connectivity index (χ2n) is 4.90. The van der Waals surface area contributed by atoms with Gasteiger partial charge in [-0.15, -0.1) is 0 Å². The van der Waals surface area contributed by atoms with Crippen LogP contribution in [0, 0.1) is 0 Å². The molecule has 19 heavy (non-hydrogen) atoms. The first kappa shape index (κ1) is 12.2. The summed E-state index contributed by atoms with van der Waals surface area (Å²) in [5.41, 5.74) is 0.876. The Balaban J connectivity index is 2.05. The van der Waals surface area contributed by atoms with Crippen molar-refractivity contribution in [2.24, 2.45) is 0 Å². The molecule has 0 spiro atoms. The van der Waals surface area contributed by atoms with Gasteiger partial charge in [0.25, 0.3) is 0 Å². The topological polar surface area (TPSA) is 54.7 Å². The Morgan fingerprint density at radius 2 is 2.37 bits per heavy atom. The maximum atomic E-state index is 5.65. The summed E-state index contributed by atoms with van der Waals surface area (Å²) in [5.74, 6) is 1.72. The molecule has 1 fully saturated rings. The van der Waals surface area contributed by atoms with E-state index in [0.717, 1.165) is 30.3 Å². The van der Waals surface area contributed by atoms with E-state index >= 15 is 0 Å². The van der Waals surface area contributed by atoms with Crippen molar-refractivity contribution in [1.29, 1.82) is 0 Å². The van der Waals surface area contributed by atoms with E-state index in [-0.39, 0.29) is 6.10 Å². The van der Waals surface area contributed by atoms with Gasteiger partial charge in [0.05, 0.1) is 18.3 Å². The van der Waals surface area contributed by atoms with Gasteiger partial charge in [0.15, 0.2) is 11.5 Å². The van der Waals surface area contributed by atoms with Gasteiger partial charge in [-0.25, -0.2) is 9.97 Å². The number of nitrogens with zero attached hydrogens (tertiary/aromatic N) is 4. The third-order valence-electron chi connectivity index (χ3n) is 3.78. The number of fused-ring (bicyclic) bond motifs is 1. The first-order chi connectivity index (χ1) is 9.20. The minimum absolute atomic E-state index is 0.222. The molecule has 2 atom stereocenters. The number of likely N-dealkylation sites (N-methyl/N-ethyl adjacent to an activating group) is 1. The molecule has 1 aliphatic rings. The number of aromatic nitrogens is 3. The zero-order valence-electron chi connectivity index (χ0n) is 11.5. The number of hydrogen-bond donors (Lipinski definition) is 1. The highest BCUT2D eigenvalue weighted by atomic mass is 16.5. The van der Waals surface area contributed by atoms with Gasteiger partial charge < -0.3 is 19.4 Å². The van der Waals surface area contributed by atoms with Crippen LogP contribution in [0.3, 0.4) is 0 Å². The highest BCUT2D eigenvalue weighted by molar-refractivity contribution is 5.67. The maximum Gasteiger partial charge on any atom is 0.180 e. The second-order valence-corrected chi connectivity index (χ2v) is 4.90. The zero-order chi connectivity index (χ0) is 13.4. The van der Waals surface area contributed by atoms with Crippen LogP contribution in [0.25, 0.3) is 5.65 Å². The first-order valence-corrected chi connectivity index (χ1v) is 6.56. The lowest BCUT2D eigenvalue weighted by molar-refractivity contribution is 0.118. The molecule has 2 unspecified atom stereocenters. The largest absolute Gasteiger partial charge is 0.376 e. The van der Waals surface area contributed by atoms with Crippen molar-refractivity contribution >= 4 is 17.3 Å². The Bertz CT molecular complexity index is 581. The molecule has 0 aromatic carbocycles. The highest BCUT2D eigenvalue weighted by Crippen LogP contribution is 2.26. The van der Waals surface area contributed by atoms with Crippen molar-refractivity contribution in [2.45, 2.75) is 25.5 Å². The van der Waals surface area contributed by atoms with E-state index in [1.54, 1.807) is 6.20 Å². The number of hydrogen-bond acceptors (Lipinski definition) is 5. The van der Waals surface area contributed by atoms with E-state index in [1.165, 1.54) is 0 Å². The van der Waals surface area contributed by atoms with Gasteiger partial charge in [-0.3, -0.25) is 0 Å². The van der Waals surface area contributed by atoms with Crippen molar-refractivity contribution in [2.75, 3.05) is 30.9 Å². The molecule has 1 saturated heterocycles. The van der Waals surface area contributed by atoms with E-state index in [1.807, 2.05) is 23.8 Å². The summed E-state index contributed by atoms with van der Waals surface area (Å²) in [7, 11) is 3.93. The fraction of sp³-hybridized carbons (Fsp3) is 0.538. The maximum absolute atomic E-state index is 5.65. The molecule has 0 amide bonds. The van der Waals surface area contributed by atoms with Crippen LogP contribution in [-0.4, -0.2) is 47.2 Å². The Hall–Kier alpha value is -1.82. The SMILES string of the molecule is CNc1cn2ccnc2c(N(C)C2CCOC2C)n1. The van der Waals surface area contributed by atoms with Crippen LogP contribution in [0.15, 0.2) is 18.6 Å². The Kier molecular flexibility index (Phi) is 3.02. The van der Waals surface area contributed by atoms with Crippen molar-refractivity contribution in [1.82, 2.24) is 14.4 Å². The normalized spacial score (nSPS) is 22.9. The van der Waals surface area contributed by atoms with Gasteiger partial charge in [0, 0.05) is 33.1 Å². The lowest BCUT2D eigenvalue weighted by Crippen LogP contribution is -2.37. The van der Waals surface area contributed by atoms with Crippen LogP contribution in [0.5, 0.6) is 0 Å². The number of rotatable bonds is 3. The first-order valence-electron chi connectivity index (χ1n) is 6.56. The van der Waals surface area contributed by atoms with Gasteiger partial charge in [0.1, 0.15) is 5.82 Å². The molecule has 1 N–H and O–H groups in total. The Morgan fingerprint density at radius 1 is 1.53 bits per heavy atom. The van der Waals surface area contributed by atoms with E-state index in [0.29, 0.717) is 6.04 Å². The molecule has 0 bridgehead atoms. The quantitative estimate of drug-likeness (QED) is 0.904. The van der Waals surface area contributed by atoms with E-state index in [9.17, 15) is 0 Å². The number of anilines is 2. The zero-order valence-corrected chi connectivity index (χ0v) is 11.5. The molecule has 1 aliphatic heterocycles. The molecule has 0 aliphatic carbocycles. The van der Waals surface area contributed by atoms with Crippen molar-refractivity contribution in [3.05, 3.63) is 18.6 Å². The minimum Gasteiger partial charge on any atom is -0.376 e. The van der Waals surface area contributed by atoms with Crippen molar-refractivity contribution in [3.63, 3.8) is 0 Å². The van der Waals surface area contributed by atoms with Crippen LogP contribution in [0.4, 0.5) is 11.6 Å². The molecule has 102 valence electrons. The summed E-state index contributed by atoms with van der Waals surface area (Å²) in [6.45, 7) is 2.92. The molecule has 0 saturated carbocycles. The van der Waals surface area contributed by atoms with Crippen molar-refractivity contribution in [3.8, 4) is 0 Å². The number of nitrogens with one attached hydrogen (secondary N) is 1. The van der Waals surface area contributed by atoms with E-state index in [4.69, 9.17) is 4.74 Å². The smallest absolute Gasteiger partial charge is 0.180 e. The van der Waals surface area contributed by atoms with Crippen LogP contribution >= 0.6 is 0 Å². The van der Waals surface area contributed by atoms with Crippen LogP contribution in [0.1, 0.15) is 13.3 Å². The third kappa shape index (κ3) is 2.02. The summed E-state index contributed by atoms with van der Waals surface area (Å²) in [4.78, 5) is 11.2. The summed E-state index contributed by atoms with van der Waals surface area (Å²) < 4.78 is 7.64. The van der Waals surface area contributed by atoms with Crippen LogP contribution < -0.4 is 10.2 Å². The molecule has 3 heterocycles. The van der Waals surface area contributed by atoms with Gasteiger partial charge in [-0.05, 0) is 13.3 Å². The number of imidazole rings is 1. The van der Waals surface area contributed by atoms with Crippen molar-refractivity contribution < 1.29 is 4.74 Å². The average molecular weight is 261 g/mol. The van der Waals surface area contributed by atoms with Gasteiger partial charge in [-0.1, -0.05) is 0 Å². The summed E-state index contributed by atoms with van der Waals surface area (Å²) >= 11 is 0. The van der Waals surface area contributed by atoms with Gasteiger partial charge in [0.2, 0.25) is 0 Å². The molecule has 0 radical (unpaired) electrons. The predicted molar refractivity (Wildman–Crippen MR) is 74.8 cm³/mol. The van der Waals surface area contributed by atoms with Crippen LogP contribution in [-0.2, 0) is 4.74 Å². The lowest BCUT2D eigenvalue weighted by atomic mass is 10.1. The monoisotopic (exact) mass is 261 g/mol. The molecular weight excluding hydrogens is 242 g/mol. The fourth-order valence-electron chi connectivity index (χ4n) is 2.66. The molecule has 6 nitrogen and oxygen atoms in total. The minimum atomic E-state index is 0.222. The molecule has 2 aromatic heterocycles. The van der Waals surface area contributed by atoms with Gasteiger partial charge >= 0.3 is 0 Å². The summed E-state index contributed by atoms with van der Waals surface area (Å²) in [6.07, 6.45) is 6.91. The number of ether oxygens (including phenoxy) is 1. The lowest BCUT2D eigenvalue weighted by Gasteiger charge is -2.28.